The molecule has 3 atom stereocenters. The Morgan fingerprint density at radius 3 is 2.26 bits per heavy atom. The van der Waals surface area contributed by atoms with Crippen LogP contribution in [0.1, 0.15) is 92.4 Å². The molecule has 0 saturated carbocycles. The smallest absolute Gasteiger partial charge is 0.315 e. The van der Waals surface area contributed by atoms with Crippen LogP contribution >= 0.6 is 0 Å². The molecule has 1 aliphatic rings. The third-order valence-electron chi connectivity index (χ3n) is 6.55. The van der Waals surface area contributed by atoms with Crippen molar-refractivity contribution in [3.63, 3.8) is 0 Å². The maximum atomic E-state index is 13.2. The molecule has 38 heavy (non-hydrogen) atoms. The maximum Gasteiger partial charge on any atom is 0.315 e. The Morgan fingerprint density at radius 2 is 1.63 bits per heavy atom. The van der Waals surface area contributed by atoms with Crippen molar-refractivity contribution in [3.05, 3.63) is 24.3 Å². The summed E-state index contributed by atoms with van der Waals surface area (Å²) in [5, 5.41) is 14.1. The zero-order chi connectivity index (χ0) is 28.3. The first-order valence-electron chi connectivity index (χ1n) is 14.4. The van der Waals surface area contributed by atoms with E-state index in [1.54, 1.807) is 18.2 Å². The summed E-state index contributed by atoms with van der Waals surface area (Å²) in [6.07, 6.45) is 16.5. The van der Waals surface area contributed by atoms with Gasteiger partial charge in [-0.2, -0.15) is 0 Å². The quantitative estimate of drug-likeness (QED) is 0.172. The second-order valence-corrected chi connectivity index (χ2v) is 10.7. The summed E-state index contributed by atoms with van der Waals surface area (Å²) in [5.41, 5.74) is 0. The Balaban J connectivity index is 2.66. The second-order valence-electron chi connectivity index (χ2n) is 10.7. The van der Waals surface area contributed by atoms with Gasteiger partial charge in [-0.15, -0.1) is 0 Å². The molecule has 1 heterocycles. The van der Waals surface area contributed by atoms with Crippen molar-refractivity contribution >= 4 is 23.8 Å². The lowest BCUT2D eigenvalue weighted by Gasteiger charge is -2.26. The first-order chi connectivity index (χ1) is 18.1. The minimum Gasteiger partial charge on any atom is -0.352 e. The highest BCUT2D eigenvalue weighted by atomic mass is 16.2. The van der Waals surface area contributed by atoms with Crippen molar-refractivity contribution in [3.8, 4) is 0 Å². The van der Waals surface area contributed by atoms with Crippen LogP contribution in [0.25, 0.3) is 0 Å². The Morgan fingerprint density at radius 1 is 0.974 bits per heavy atom. The third-order valence-corrected chi connectivity index (χ3v) is 6.55. The predicted molar refractivity (Wildman–Crippen MR) is 152 cm³/mol. The molecule has 9 nitrogen and oxygen atoms in total. The predicted octanol–water partition coefficient (Wildman–Crippen LogP) is 3.71. The fraction of sp³-hybridized carbons (Fsp3) is 0.724. The van der Waals surface area contributed by atoms with Gasteiger partial charge in [0.1, 0.15) is 12.1 Å². The lowest BCUT2D eigenvalue weighted by molar-refractivity contribution is -0.129. The molecule has 0 radical (unpaired) electrons. The van der Waals surface area contributed by atoms with Crippen LogP contribution in [0.5, 0.6) is 0 Å². The maximum absolute atomic E-state index is 13.2. The van der Waals surface area contributed by atoms with Gasteiger partial charge in [-0.05, 0) is 24.7 Å². The first kappa shape index (κ1) is 33.2. The van der Waals surface area contributed by atoms with Gasteiger partial charge in [-0.1, -0.05) is 97.8 Å². The van der Waals surface area contributed by atoms with E-state index in [2.05, 4.69) is 33.5 Å². The fourth-order valence-electron chi connectivity index (χ4n) is 4.08. The molecule has 216 valence electrons. The minimum absolute atomic E-state index is 0.0427. The highest BCUT2D eigenvalue weighted by molar-refractivity contribution is 5.93. The lowest BCUT2D eigenvalue weighted by Crippen LogP contribution is -2.57. The van der Waals surface area contributed by atoms with E-state index in [0.717, 1.165) is 12.8 Å². The van der Waals surface area contributed by atoms with Gasteiger partial charge in [0.25, 0.3) is 0 Å². The fourth-order valence-corrected chi connectivity index (χ4v) is 4.08. The van der Waals surface area contributed by atoms with E-state index in [1.807, 2.05) is 27.7 Å². The van der Waals surface area contributed by atoms with Crippen LogP contribution in [0.4, 0.5) is 4.79 Å². The largest absolute Gasteiger partial charge is 0.352 e. The third kappa shape index (κ3) is 14.2. The average molecular weight is 534 g/mol. The number of hydrogen-bond acceptors (Lipinski definition) is 4. The van der Waals surface area contributed by atoms with Gasteiger partial charge < -0.3 is 26.6 Å². The van der Waals surface area contributed by atoms with E-state index in [0.29, 0.717) is 19.5 Å². The summed E-state index contributed by atoms with van der Waals surface area (Å²) in [6, 6.07) is -2.46. The molecular formula is C29H51N5O4. The number of rotatable bonds is 14. The van der Waals surface area contributed by atoms with Crippen LogP contribution in [-0.2, 0) is 14.4 Å². The van der Waals surface area contributed by atoms with Gasteiger partial charge in [-0.3, -0.25) is 14.4 Å². The standard InChI is InChI=1S/C29H51N5O4/c1-6-7-8-9-10-11-12-14-20-31-29(38)34-26(22(4)5)28(37)33-24-16-13-15-19-30-25(35)18-17-23(21(2)3)32-27(24)36/h13,16-18,21-24,26H,6-12,14-15,19-20H2,1-5H3,(H,30,35)(H,32,36)(H,33,37)(H2,31,34,38)/b16-13-,18-17+/t23-,24?,26+/m1/s1. The molecule has 0 aromatic rings. The highest BCUT2D eigenvalue weighted by Gasteiger charge is 2.28. The molecule has 0 fully saturated rings. The molecule has 5 N–H and O–H groups in total. The van der Waals surface area contributed by atoms with Gasteiger partial charge in [0.05, 0.1) is 0 Å². The Bertz CT molecular complexity index is 794. The second kappa shape index (κ2) is 19.3. The number of hydrogen-bond donors (Lipinski definition) is 5. The van der Waals surface area contributed by atoms with E-state index in [9.17, 15) is 19.2 Å². The number of nitrogens with one attached hydrogen (secondary N) is 5. The molecule has 0 saturated heterocycles. The zero-order valence-electron chi connectivity index (χ0n) is 24.1. The van der Waals surface area contributed by atoms with Gasteiger partial charge in [-0.25, -0.2) is 4.79 Å². The summed E-state index contributed by atoms with van der Waals surface area (Å²) < 4.78 is 0. The van der Waals surface area contributed by atoms with Gasteiger partial charge in [0.2, 0.25) is 17.7 Å². The number of unbranched alkanes of at least 4 members (excludes halogenated alkanes) is 7. The molecule has 0 bridgehead atoms. The van der Waals surface area contributed by atoms with Crippen molar-refractivity contribution in [2.45, 2.75) is 111 Å². The normalized spacial score (nSPS) is 20.9. The van der Waals surface area contributed by atoms with Crippen LogP contribution in [-0.4, -0.2) is 55.0 Å². The summed E-state index contributed by atoms with van der Waals surface area (Å²) in [4.78, 5) is 50.6. The van der Waals surface area contributed by atoms with Gasteiger partial charge >= 0.3 is 6.03 Å². The first-order valence-corrected chi connectivity index (χ1v) is 14.4. The van der Waals surface area contributed by atoms with Crippen molar-refractivity contribution in [1.82, 2.24) is 26.6 Å². The van der Waals surface area contributed by atoms with Gasteiger partial charge in [0.15, 0.2) is 0 Å². The topological polar surface area (TPSA) is 128 Å². The molecule has 0 aliphatic carbocycles. The summed E-state index contributed by atoms with van der Waals surface area (Å²) in [7, 11) is 0. The number of carbonyl (C=O) groups is 4. The molecule has 0 spiro atoms. The molecule has 1 rings (SSSR count). The Hall–Kier alpha value is -2.84. The van der Waals surface area contributed by atoms with E-state index >= 15 is 0 Å². The average Bonchev–Trinajstić information content (AvgIpc) is 2.86. The van der Waals surface area contributed by atoms with E-state index < -0.39 is 18.0 Å². The molecule has 0 aromatic heterocycles. The molecule has 9 heteroatoms. The molecule has 0 aromatic carbocycles. The van der Waals surface area contributed by atoms with Crippen LogP contribution in [0.3, 0.4) is 0 Å². The Kier molecular flexibility index (Phi) is 16.8. The van der Waals surface area contributed by atoms with Crippen molar-refractivity contribution in [1.29, 1.82) is 0 Å². The van der Waals surface area contributed by atoms with Crippen LogP contribution < -0.4 is 26.6 Å². The zero-order valence-corrected chi connectivity index (χ0v) is 24.1. The monoisotopic (exact) mass is 533 g/mol. The highest BCUT2D eigenvalue weighted by Crippen LogP contribution is 2.09. The van der Waals surface area contributed by atoms with Crippen molar-refractivity contribution in [2.75, 3.05) is 13.1 Å². The van der Waals surface area contributed by atoms with E-state index in [1.165, 1.54) is 44.6 Å². The summed E-state index contributed by atoms with van der Waals surface area (Å²) in [5.74, 6) is -1.15. The molecule has 5 amide bonds. The number of amides is 5. The lowest BCUT2D eigenvalue weighted by atomic mass is 10.0. The van der Waals surface area contributed by atoms with E-state index in [4.69, 9.17) is 0 Å². The molecule has 1 unspecified atom stereocenters. The summed E-state index contributed by atoms with van der Waals surface area (Å²) >= 11 is 0. The van der Waals surface area contributed by atoms with Crippen molar-refractivity contribution in [2.24, 2.45) is 11.8 Å². The minimum atomic E-state index is -0.907. The van der Waals surface area contributed by atoms with Crippen molar-refractivity contribution < 1.29 is 19.2 Å². The Labute approximate surface area is 229 Å². The van der Waals surface area contributed by atoms with Crippen LogP contribution in [0, 0.1) is 11.8 Å². The van der Waals surface area contributed by atoms with E-state index in [-0.39, 0.29) is 35.7 Å². The molecule has 1 aliphatic heterocycles. The van der Waals surface area contributed by atoms with Crippen LogP contribution in [0.15, 0.2) is 24.3 Å². The number of carbonyl (C=O) groups excluding carboxylic acids is 4. The van der Waals surface area contributed by atoms with Gasteiger partial charge in [0, 0.05) is 25.2 Å². The number of urea groups is 1. The SMILES string of the molecule is CCCCCCCCCCNC(=O)N[C@H](C(=O)NC1/C=C\CCNC(=O)/C=C/[C@H](C(C)C)NC1=O)C(C)C. The summed E-state index contributed by atoms with van der Waals surface area (Å²) in [6.45, 7) is 10.8. The molecular weight excluding hydrogens is 482 g/mol. The van der Waals surface area contributed by atoms with Crippen LogP contribution in [0.2, 0.25) is 0 Å².